The predicted octanol–water partition coefficient (Wildman–Crippen LogP) is 1.67. The van der Waals surface area contributed by atoms with Crippen LogP contribution in [-0.4, -0.2) is 41.6 Å². The summed E-state index contributed by atoms with van der Waals surface area (Å²) in [7, 11) is 2.05. The number of aromatic nitrogens is 1. The fourth-order valence-corrected chi connectivity index (χ4v) is 3.08. The number of hydrogen-bond donors (Lipinski definition) is 2. The predicted molar refractivity (Wildman–Crippen MR) is 80.1 cm³/mol. The number of nitrogens with two attached hydrogens (primary N) is 1. The van der Waals surface area contributed by atoms with E-state index in [-0.39, 0.29) is 5.54 Å². The minimum Gasteiger partial charge on any atom is -0.384 e. The fraction of sp³-hybridized carbons (Fsp3) is 0.667. The molecule has 1 unspecified atom stereocenters. The molecule has 2 heterocycles. The molecule has 0 bridgehead atoms. The molecule has 3 N–H and O–H groups in total. The fourth-order valence-electron chi connectivity index (χ4n) is 3.08. The Hall–Kier alpha value is -1.13. The Balaban J connectivity index is 2.10. The lowest BCUT2D eigenvalue weighted by Gasteiger charge is -2.42. The van der Waals surface area contributed by atoms with Gasteiger partial charge in [-0.2, -0.15) is 0 Å². The first-order valence-electron chi connectivity index (χ1n) is 7.17. The molecule has 4 heteroatoms. The lowest BCUT2D eigenvalue weighted by molar-refractivity contribution is 0.110. The average Bonchev–Trinajstić information content (AvgIpc) is 2.90. The third-order valence-electron chi connectivity index (χ3n) is 4.41. The van der Waals surface area contributed by atoms with Crippen molar-refractivity contribution in [2.24, 2.45) is 0 Å². The summed E-state index contributed by atoms with van der Waals surface area (Å²) in [6, 6.07) is 4.44. The SMILES string of the molecule is CNC(Cc1ccnc(N)c1)C(C)(C)N1CCCC1. The van der Waals surface area contributed by atoms with Gasteiger partial charge in [-0.05, 0) is 70.9 Å². The molecular weight excluding hydrogens is 236 g/mol. The second-order valence-corrected chi connectivity index (χ2v) is 5.98. The van der Waals surface area contributed by atoms with E-state index in [1.807, 2.05) is 13.1 Å². The quantitative estimate of drug-likeness (QED) is 0.847. The van der Waals surface area contributed by atoms with Gasteiger partial charge in [0.25, 0.3) is 0 Å². The molecule has 1 aliphatic rings. The molecule has 1 saturated heterocycles. The van der Waals surface area contributed by atoms with E-state index in [9.17, 15) is 0 Å². The van der Waals surface area contributed by atoms with Gasteiger partial charge in [0.15, 0.2) is 0 Å². The zero-order valence-electron chi connectivity index (χ0n) is 12.3. The van der Waals surface area contributed by atoms with Gasteiger partial charge in [-0.15, -0.1) is 0 Å². The van der Waals surface area contributed by atoms with Gasteiger partial charge >= 0.3 is 0 Å². The van der Waals surface area contributed by atoms with Crippen LogP contribution in [0.1, 0.15) is 32.3 Å². The van der Waals surface area contributed by atoms with E-state index in [1.54, 1.807) is 6.20 Å². The van der Waals surface area contributed by atoms with E-state index < -0.39 is 0 Å². The number of likely N-dealkylation sites (N-methyl/N-ethyl adjacent to an activating group) is 1. The van der Waals surface area contributed by atoms with Gasteiger partial charge in [-0.25, -0.2) is 4.98 Å². The molecule has 19 heavy (non-hydrogen) atoms. The van der Waals surface area contributed by atoms with E-state index in [2.05, 4.69) is 35.1 Å². The Labute approximate surface area is 116 Å². The lowest BCUT2D eigenvalue weighted by atomic mass is 9.88. The highest BCUT2D eigenvalue weighted by molar-refractivity contribution is 5.32. The Morgan fingerprint density at radius 2 is 2.11 bits per heavy atom. The molecule has 0 aromatic carbocycles. The first-order valence-corrected chi connectivity index (χ1v) is 7.17. The van der Waals surface area contributed by atoms with Crippen LogP contribution in [0.15, 0.2) is 18.3 Å². The summed E-state index contributed by atoms with van der Waals surface area (Å²) >= 11 is 0. The number of anilines is 1. The lowest BCUT2D eigenvalue weighted by Crippen LogP contribution is -2.57. The van der Waals surface area contributed by atoms with Crippen LogP contribution in [-0.2, 0) is 6.42 Å². The average molecular weight is 262 g/mol. The van der Waals surface area contributed by atoms with E-state index >= 15 is 0 Å². The van der Waals surface area contributed by atoms with Crippen LogP contribution in [0.25, 0.3) is 0 Å². The molecule has 0 radical (unpaired) electrons. The van der Waals surface area contributed by atoms with E-state index in [4.69, 9.17) is 5.73 Å². The van der Waals surface area contributed by atoms with Crippen LogP contribution in [0, 0.1) is 0 Å². The maximum Gasteiger partial charge on any atom is 0.123 e. The Kier molecular flexibility index (Phi) is 4.42. The smallest absolute Gasteiger partial charge is 0.123 e. The number of pyridine rings is 1. The molecule has 1 aromatic heterocycles. The van der Waals surface area contributed by atoms with Gasteiger partial charge < -0.3 is 11.1 Å². The van der Waals surface area contributed by atoms with Crippen molar-refractivity contribution in [3.05, 3.63) is 23.9 Å². The largest absolute Gasteiger partial charge is 0.384 e. The summed E-state index contributed by atoms with van der Waals surface area (Å²) < 4.78 is 0. The molecule has 0 spiro atoms. The van der Waals surface area contributed by atoms with Gasteiger partial charge in [-0.3, -0.25) is 4.90 Å². The maximum absolute atomic E-state index is 5.77. The van der Waals surface area contributed by atoms with Crippen LogP contribution in [0.2, 0.25) is 0 Å². The first-order chi connectivity index (χ1) is 9.04. The Bertz CT molecular complexity index is 410. The monoisotopic (exact) mass is 262 g/mol. The van der Waals surface area contributed by atoms with Crippen LogP contribution in [0.4, 0.5) is 5.82 Å². The third kappa shape index (κ3) is 3.25. The van der Waals surface area contributed by atoms with Crippen LogP contribution < -0.4 is 11.1 Å². The van der Waals surface area contributed by atoms with Gasteiger partial charge in [0.1, 0.15) is 5.82 Å². The molecule has 0 saturated carbocycles. The molecule has 4 nitrogen and oxygen atoms in total. The van der Waals surface area contributed by atoms with E-state index in [1.165, 1.54) is 31.5 Å². The zero-order valence-corrected chi connectivity index (χ0v) is 12.3. The second kappa shape index (κ2) is 5.88. The van der Waals surface area contributed by atoms with Gasteiger partial charge in [0.2, 0.25) is 0 Å². The van der Waals surface area contributed by atoms with Crippen molar-refractivity contribution in [1.29, 1.82) is 0 Å². The van der Waals surface area contributed by atoms with Gasteiger partial charge in [0.05, 0.1) is 0 Å². The molecule has 1 fully saturated rings. The molecule has 0 aliphatic carbocycles. The van der Waals surface area contributed by atoms with Crippen molar-refractivity contribution in [2.45, 2.75) is 44.7 Å². The summed E-state index contributed by atoms with van der Waals surface area (Å²) in [4.78, 5) is 6.66. The number of nitrogens with one attached hydrogen (secondary N) is 1. The molecule has 1 aromatic rings. The van der Waals surface area contributed by atoms with E-state index in [0.29, 0.717) is 11.9 Å². The van der Waals surface area contributed by atoms with Gasteiger partial charge in [-0.1, -0.05) is 0 Å². The molecule has 106 valence electrons. The number of likely N-dealkylation sites (tertiary alicyclic amines) is 1. The topological polar surface area (TPSA) is 54.2 Å². The van der Waals surface area contributed by atoms with Crippen LogP contribution in [0.5, 0.6) is 0 Å². The molecule has 2 rings (SSSR count). The van der Waals surface area contributed by atoms with Gasteiger partial charge in [0, 0.05) is 17.8 Å². The van der Waals surface area contributed by atoms with Crippen molar-refractivity contribution in [1.82, 2.24) is 15.2 Å². The minimum absolute atomic E-state index is 0.156. The summed E-state index contributed by atoms with van der Waals surface area (Å²) in [6.45, 7) is 7.10. The molecule has 1 aliphatic heterocycles. The number of rotatable bonds is 5. The highest BCUT2D eigenvalue weighted by Crippen LogP contribution is 2.26. The normalized spacial score (nSPS) is 18.7. The molecular formula is C15H26N4. The number of hydrogen-bond acceptors (Lipinski definition) is 4. The van der Waals surface area contributed by atoms with Crippen LogP contribution >= 0.6 is 0 Å². The van der Waals surface area contributed by atoms with Crippen molar-refractivity contribution in [3.8, 4) is 0 Å². The van der Waals surface area contributed by atoms with Crippen molar-refractivity contribution < 1.29 is 0 Å². The number of nitrogen functional groups attached to an aromatic ring is 1. The van der Waals surface area contributed by atoms with Crippen molar-refractivity contribution >= 4 is 5.82 Å². The molecule has 1 atom stereocenters. The number of nitrogens with zero attached hydrogens (tertiary/aromatic N) is 2. The first kappa shape index (κ1) is 14.3. The third-order valence-corrected chi connectivity index (χ3v) is 4.41. The summed E-state index contributed by atoms with van der Waals surface area (Å²) in [6.07, 6.45) is 5.41. The highest BCUT2D eigenvalue weighted by Gasteiger charge is 2.35. The molecule has 0 amide bonds. The highest BCUT2D eigenvalue weighted by atomic mass is 15.2. The van der Waals surface area contributed by atoms with E-state index in [0.717, 1.165) is 6.42 Å². The van der Waals surface area contributed by atoms with Crippen molar-refractivity contribution in [2.75, 3.05) is 25.9 Å². The summed E-state index contributed by atoms with van der Waals surface area (Å²) in [5.41, 5.74) is 7.17. The minimum atomic E-state index is 0.156. The Morgan fingerprint density at radius 1 is 1.42 bits per heavy atom. The summed E-state index contributed by atoms with van der Waals surface area (Å²) in [5.74, 6) is 0.603. The van der Waals surface area contributed by atoms with Crippen molar-refractivity contribution in [3.63, 3.8) is 0 Å². The standard InChI is InChI=1S/C15H26N4/c1-15(2,19-8-4-5-9-19)13(17-3)10-12-6-7-18-14(16)11-12/h6-7,11,13,17H,4-5,8-10H2,1-3H3,(H2,16,18). The van der Waals surface area contributed by atoms with Crippen LogP contribution in [0.3, 0.4) is 0 Å². The second-order valence-electron chi connectivity index (χ2n) is 5.98. The zero-order chi connectivity index (χ0) is 13.9. The summed E-state index contributed by atoms with van der Waals surface area (Å²) in [5, 5.41) is 3.48. The maximum atomic E-state index is 5.77. The Morgan fingerprint density at radius 3 is 2.68 bits per heavy atom.